The number of methoxy groups -OCH3 is 1. The number of anilines is 1. The molecule has 0 saturated carbocycles. The SMILES string of the molecule is CCC(=O)N1c2ccccc2CC1(CC#N)C(=O)OC. The molecule has 1 aliphatic heterocycles. The fourth-order valence-corrected chi connectivity index (χ4v) is 2.73. The smallest absolute Gasteiger partial charge is 0.333 e. The van der Waals surface area contributed by atoms with Crippen molar-refractivity contribution in [3.63, 3.8) is 0 Å². The Kier molecular flexibility index (Phi) is 3.75. The van der Waals surface area contributed by atoms with Gasteiger partial charge in [-0.1, -0.05) is 25.1 Å². The molecule has 20 heavy (non-hydrogen) atoms. The van der Waals surface area contributed by atoms with Gasteiger partial charge in [0.05, 0.1) is 19.6 Å². The lowest BCUT2D eigenvalue weighted by atomic mass is 9.90. The van der Waals surface area contributed by atoms with Gasteiger partial charge in [-0.3, -0.25) is 9.69 Å². The third-order valence-electron chi connectivity index (χ3n) is 3.63. The number of benzene rings is 1. The van der Waals surface area contributed by atoms with E-state index in [1.807, 2.05) is 24.3 Å². The van der Waals surface area contributed by atoms with Crippen LogP contribution in [0.4, 0.5) is 5.69 Å². The van der Waals surface area contributed by atoms with Crippen LogP contribution in [0.1, 0.15) is 25.3 Å². The standard InChI is InChI=1S/C15H16N2O3/c1-3-13(18)17-12-7-5-4-6-11(12)10-15(17,8-9-16)14(19)20-2/h4-7H,3,8,10H2,1-2H3. The van der Waals surface area contributed by atoms with Crippen molar-refractivity contribution < 1.29 is 14.3 Å². The largest absolute Gasteiger partial charge is 0.467 e. The minimum absolute atomic E-state index is 0.0832. The number of para-hydroxylation sites is 1. The van der Waals surface area contributed by atoms with Crippen LogP contribution < -0.4 is 4.90 Å². The third-order valence-corrected chi connectivity index (χ3v) is 3.63. The van der Waals surface area contributed by atoms with Crippen LogP contribution in [0.25, 0.3) is 0 Å². The fraction of sp³-hybridized carbons (Fsp3) is 0.400. The third kappa shape index (κ3) is 1.94. The number of hydrogen-bond donors (Lipinski definition) is 0. The molecular formula is C15H16N2O3. The maximum absolute atomic E-state index is 12.3. The summed E-state index contributed by atoms with van der Waals surface area (Å²) in [5, 5.41) is 9.09. The number of nitriles is 1. The van der Waals surface area contributed by atoms with Crippen LogP contribution in [0.2, 0.25) is 0 Å². The monoisotopic (exact) mass is 272 g/mol. The molecule has 1 aromatic rings. The molecule has 104 valence electrons. The van der Waals surface area contributed by atoms with Crippen molar-refractivity contribution >= 4 is 17.6 Å². The summed E-state index contributed by atoms with van der Waals surface area (Å²) < 4.78 is 4.86. The van der Waals surface area contributed by atoms with Gasteiger partial charge in [0.15, 0.2) is 5.54 Å². The molecule has 0 saturated heterocycles. The summed E-state index contributed by atoms with van der Waals surface area (Å²) in [5.74, 6) is -0.729. The summed E-state index contributed by atoms with van der Waals surface area (Å²) in [6, 6.07) is 9.35. The number of fused-ring (bicyclic) bond motifs is 1. The molecule has 0 spiro atoms. The quantitative estimate of drug-likeness (QED) is 0.787. The molecular weight excluding hydrogens is 256 g/mol. The van der Waals surface area contributed by atoms with Gasteiger partial charge in [0.25, 0.3) is 0 Å². The second-order valence-corrected chi connectivity index (χ2v) is 4.75. The Balaban J connectivity index is 2.60. The van der Waals surface area contributed by atoms with Crippen LogP contribution in [0, 0.1) is 11.3 Å². The molecule has 1 aliphatic rings. The van der Waals surface area contributed by atoms with Gasteiger partial charge in [-0.15, -0.1) is 0 Å². The molecule has 1 unspecified atom stereocenters. The molecule has 0 aromatic heterocycles. The van der Waals surface area contributed by atoms with Crippen LogP contribution in [0.5, 0.6) is 0 Å². The number of carbonyl (C=O) groups is 2. The molecule has 0 fully saturated rings. The van der Waals surface area contributed by atoms with Crippen molar-refractivity contribution in [3.8, 4) is 6.07 Å². The van der Waals surface area contributed by atoms with E-state index < -0.39 is 11.5 Å². The minimum atomic E-state index is -1.24. The Morgan fingerprint density at radius 2 is 2.15 bits per heavy atom. The van der Waals surface area contributed by atoms with Gasteiger partial charge < -0.3 is 4.74 Å². The molecule has 1 aromatic carbocycles. The molecule has 2 rings (SSSR count). The number of hydrogen-bond acceptors (Lipinski definition) is 4. The van der Waals surface area contributed by atoms with Crippen molar-refractivity contribution in [3.05, 3.63) is 29.8 Å². The van der Waals surface area contributed by atoms with Crippen molar-refractivity contribution in [2.75, 3.05) is 12.0 Å². The van der Waals surface area contributed by atoms with Crippen molar-refractivity contribution in [1.29, 1.82) is 5.26 Å². The normalized spacial score (nSPS) is 20.1. The lowest BCUT2D eigenvalue weighted by Crippen LogP contribution is -2.56. The average Bonchev–Trinajstić information content (AvgIpc) is 2.81. The molecule has 0 N–H and O–H groups in total. The zero-order chi connectivity index (χ0) is 14.8. The molecule has 5 nitrogen and oxygen atoms in total. The van der Waals surface area contributed by atoms with Crippen LogP contribution in [-0.4, -0.2) is 24.5 Å². The lowest BCUT2D eigenvalue weighted by Gasteiger charge is -2.34. The van der Waals surface area contributed by atoms with Gasteiger partial charge in [0, 0.05) is 18.5 Å². The van der Waals surface area contributed by atoms with E-state index in [1.54, 1.807) is 13.0 Å². The maximum Gasteiger partial charge on any atom is 0.333 e. The summed E-state index contributed by atoms with van der Waals surface area (Å²) in [7, 11) is 1.28. The Morgan fingerprint density at radius 3 is 2.75 bits per heavy atom. The summed E-state index contributed by atoms with van der Waals surface area (Å²) in [6.07, 6.45) is 0.494. The average molecular weight is 272 g/mol. The van der Waals surface area contributed by atoms with E-state index in [2.05, 4.69) is 0 Å². The first-order valence-electron chi connectivity index (χ1n) is 6.47. The lowest BCUT2D eigenvalue weighted by molar-refractivity contribution is -0.148. The van der Waals surface area contributed by atoms with Gasteiger partial charge >= 0.3 is 5.97 Å². The first-order chi connectivity index (χ1) is 9.60. The van der Waals surface area contributed by atoms with Crippen molar-refractivity contribution in [2.24, 2.45) is 0 Å². The number of carbonyl (C=O) groups excluding carboxylic acids is 2. The van der Waals surface area contributed by atoms with E-state index in [-0.39, 0.29) is 18.7 Å². The summed E-state index contributed by atoms with van der Waals surface area (Å²) in [4.78, 5) is 26.0. The zero-order valence-electron chi connectivity index (χ0n) is 11.5. The van der Waals surface area contributed by atoms with Crippen molar-refractivity contribution in [1.82, 2.24) is 0 Å². The van der Waals surface area contributed by atoms with E-state index in [0.717, 1.165) is 5.56 Å². The number of nitrogens with zero attached hydrogens (tertiary/aromatic N) is 2. The molecule has 1 amide bonds. The van der Waals surface area contributed by atoms with E-state index in [9.17, 15) is 9.59 Å². The van der Waals surface area contributed by atoms with Gasteiger partial charge in [0.1, 0.15) is 0 Å². The van der Waals surface area contributed by atoms with Gasteiger partial charge in [-0.2, -0.15) is 5.26 Å². The van der Waals surface area contributed by atoms with Gasteiger partial charge in [-0.25, -0.2) is 4.79 Å². The topological polar surface area (TPSA) is 70.4 Å². The Hall–Kier alpha value is -2.35. The van der Waals surface area contributed by atoms with Crippen molar-refractivity contribution in [2.45, 2.75) is 31.7 Å². The predicted octanol–water partition coefficient (Wildman–Crippen LogP) is 1.81. The van der Waals surface area contributed by atoms with E-state index in [1.165, 1.54) is 12.0 Å². The Labute approximate surface area is 117 Å². The summed E-state index contributed by atoms with van der Waals surface area (Å²) >= 11 is 0. The fourth-order valence-electron chi connectivity index (χ4n) is 2.73. The first-order valence-corrected chi connectivity index (χ1v) is 6.47. The summed E-state index contributed by atoms with van der Waals surface area (Å²) in [6.45, 7) is 1.73. The highest BCUT2D eigenvalue weighted by Crippen LogP contribution is 2.41. The maximum atomic E-state index is 12.3. The Morgan fingerprint density at radius 1 is 1.45 bits per heavy atom. The van der Waals surface area contributed by atoms with Crippen LogP contribution >= 0.6 is 0 Å². The molecule has 0 aliphatic carbocycles. The second kappa shape index (κ2) is 5.33. The molecule has 5 heteroatoms. The van der Waals surface area contributed by atoms with Gasteiger partial charge in [-0.05, 0) is 11.6 Å². The Bertz CT molecular complexity index is 591. The molecule has 1 atom stereocenters. The number of rotatable bonds is 3. The number of amides is 1. The van der Waals surface area contributed by atoms with Gasteiger partial charge in [0.2, 0.25) is 5.91 Å². The minimum Gasteiger partial charge on any atom is -0.467 e. The highest BCUT2D eigenvalue weighted by Gasteiger charge is 2.52. The number of ether oxygens (including phenoxy) is 1. The molecule has 0 bridgehead atoms. The van der Waals surface area contributed by atoms with E-state index in [4.69, 9.17) is 10.00 Å². The number of esters is 1. The molecule has 1 heterocycles. The zero-order valence-corrected chi connectivity index (χ0v) is 11.5. The highest BCUT2D eigenvalue weighted by molar-refractivity contribution is 6.05. The second-order valence-electron chi connectivity index (χ2n) is 4.75. The van der Waals surface area contributed by atoms with E-state index >= 15 is 0 Å². The van der Waals surface area contributed by atoms with E-state index in [0.29, 0.717) is 12.1 Å². The predicted molar refractivity (Wildman–Crippen MR) is 72.9 cm³/mol. The molecule has 0 radical (unpaired) electrons. The highest BCUT2D eigenvalue weighted by atomic mass is 16.5. The van der Waals surface area contributed by atoms with Crippen LogP contribution in [-0.2, 0) is 20.7 Å². The van der Waals surface area contributed by atoms with Crippen LogP contribution in [0.3, 0.4) is 0 Å². The first kappa shape index (κ1) is 14.1. The summed E-state index contributed by atoms with van der Waals surface area (Å²) in [5.41, 5.74) is 0.343. The van der Waals surface area contributed by atoms with Crippen LogP contribution in [0.15, 0.2) is 24.3 Å².